The van der Waals surface area contributed by atoms with Gasteiger partial charge in [-0.2, -0.15) is 0 Å². The molecule has 0 saturated carbocycles. The lowest BCUT2D eigenvalue weighted by molar-refractivity contribution is -0.131. The minimum Gasteiger partial charge on any atom is -0.391 e. The summed E-state index contributed by atoms with van der Waals surface area (Å²) in [6.07, 6.45) is 2.77. The minimum atomic E-state index is -0.826. The number of carbonyl (C=O) groups is 3. The summed E-state index contributed by atoms with van der Waals surface area (Å²) >= 11 is 0. The summed E-state index contributed by atoms with van der Waals surface area (Å²) in [7, 11) is 1.50. The third-order valence-electron chi connectivity index (χ3n) is 3.85. The minimum absolute atomic E-state index is 0.202. The lowest BCUT2D eigenvalue weighted by atomic mass is 10.2. The first kappa shape index (κ1) is 30.6. The Hall–Kier alpha value is -1.63. The predicted molar refractivity (Wildman–Crippen MR) is 113 cm³/mol. The van der Waals surface area contributed by atoms with E-state index in [1.54, 1.807) is 0 Å². The fourth-order valence-electron chi connectivity index (χ4n) is 2.28. The Morgan fingerprint density at radius 2 is 1.53 bits per heavy atom. The van der Waals surface area contributed by atoms with Gasteiger partial charge in [-0.1, -0.05) is 0 Å². The first-order valence-corrected chi connectivity index (χ1v) is 10.2. The number of amides is 2. The maximum absolute atomic E-state index is 11.7. The third kappa shape index (κ3) is 18.4. The third-order valence-corrected chi connectivity index (χ3v) is 3.85. The van der Waals surface area contributed by atoms with E-state index in [4.69, 9.17) is 25.1 Å². The second kappa shape index (κ2) is 23.6. The Labute approximate surface area is 179 Å². The first-order chi connectivity index (χ1) is 14.6. The fraction of sp³-hybridized carbons (Fsp3) is 0.842. The Bertz CT molecular complexity index is 408. The number of aldehydes is 1. The van der Waals surface area contributed by atoms with Crippen molar-refractivity contribution < 1.29 is 33.7 Å². The van der Waals surface area contributed by atoms with E-state index in [2.05, 4.69) is 11.1 Å². The molecule has 11 nitrogen and oxygen atoms in total. The maximum atomic E-state index is 11.7. The number of rotatable bonds is 15. The van der Waals surface area contributed by atoms with Crippen LogP contribution in [0, 0.1) is 0 Å². The zero-order valence-corrected chi connectivity index (χ0v) is 18.3. The average Bonchev–Trinajstić information content (AvgIpc) is 3.30. The molecule has 0 spiro atoms. The number of ether oxygens (including phenoxy) is 3. The van der Waals surface area contributed by atoms with Gasteiger partial charge in [0.15, 0.2) is 0 Å². The highest BCUT2D eigenvalue weighted by molar-refractivity contribution is 5.76. The second-order valence-electron chi connectivity index (χ2n) is 6.15. The second-order valence-corrected chi connectivity index (χ2v) is 6.15. The summed E-state index contributed by atoms with van der Waals surface area (Å²) in [5.41, 5.74) is 9.78. The number of aliphatic hydroxyl groups is 1. The monoisotopic (exact) mass is 436 g/mol. The van der Waals surface area contributed by atoms with Crippen LogP contribution in [0.4, 0.5) is 0 Å². The maximum Gasteiger partial charge on any atom is 0.224 e. The first-order valence-electron chi connectivity index (χ1n) is 10.2. The molecule has 0 unspecified atom stereocenters. The number of likely N-dealkylation sites (tertiary alicyclic amines) is 1. The van der Waals surface area contributed by atoms with Gasteiger partial charge < -0.3 is 45.8 Å². The van der Waals surface area contributed by atoms with Crippen molar-refractivity contribution in [3.63, 3.8) is 0 Å². The van der Waals surface area contributed by atoms with Crippen LogP contribution in [0.15, 0.2) is 0 Å². The van der Waals surface area contributed by atoms with Crippen molar-refractivity contribution in [2.75, 3.05) is 66.3 Å². The normalized spacial score (nSPS) is 14.5. The van der Waals surface area contributed by atoms with Crippen LogP contribution in [0.1, 0.15) is 26.2 Å². The lowest BCUT2D eigenvalue weighted by Crippen LogP contribution is -2.38. The molecule has 0 aromatic rings. The van der Waals surface area contributed by atoms with E-state index in [-0.39, 0.29) is 5.91 Å². The van der Waals surface area contributed by atoms with Crippen LogP contribution < -0.4 is 16.8 Å². The zero-order valence-electron chi connectivity index (χ0n) is 18.3. The number of nitrogens with one attached hydrogen (secondary N) is 1. The number of aliphatic hydroxyl groups excluding tert-OH is 1. The summed E-state index contributed by atoms with van der Waals surface area (Å²) in [6.45, 7) is 6.98. The van der Waals surface area contributed by atoms with Gasteiger partial charge in [-0.15, -0.1) is 0 Å². The quantitative estimate of drug-likeness (QED) is 0.172. The highest BCUT2D eigenvalue weighted by Gasteiger charge is 2.16. The molecule has 0 aromatic carbocycles. The number of hydrogen-bond acceptors (Lipinski definition) is 9. The van der Waals surface area contributed by atoms with Gasteiger partial charge in [0, 0.05) is 19.6 Å². The van der Waals surface area contributed by atoms with Gasteiger partial charge in [-0.3, -0.25) is 9.59 Å². The van der Waals surface area contributed by atoms with Crippen molar-refractivity contribution in [3.8, 4) is 0 Å². The van der Waals surface area contributed by atoms with Gasteiger partial charge in [-0.25, -0.2) is 0 Å². The molecule has 0 aliphatic carbocycles. The van der Waals surface area contributed by atoms with Gasteiger partial charge in [-0.05, 0) is 26.8 Å². The van der Waals surface area contributed by atoms with E-state index in [1.807, 2.05) is 4.90 Å². The molecule has 6 N–H and O–H groups in total. The Morgan fingerprint density at radius 1 is 1.03 bits per heavy atom. The van der Waals surface area contributed by atoms with Crippen molar-refractivity contribution >= 4 is 18.6 Å². The lowest BCUT2D eigenvalue weighted by Gasteiger charge is -2.14. The topological polar surface area (TPSA) is 166 Å². The SMILES string of the molecule is CN.C[C@@H](O)[C@@H](C=O)NC=O.NCCOCCOCCOCCC(=O)N1CCCC1. The summed E-state index contributed by atoms with van der Waals surface area (Å²) in [5, 5.41) is 10.8. The molecule has 1 fully saturated rings. The molecule has 2 atom stereocenters. The van der Waals surface area contributed by atoms with E-state index < -0.39 is 12.1 Å². The van der Waals surface area contributed by atoms with Gasteiger partial charge in [0.25, 0.3) is 0 Å². The van der Waals surface area contributed by atoms with Crippen LogP contribution in [-0.2, 0) is 28.6 Å². The Kier molecular flexibility index (Phi) is 24.1. The Morgan fingerprint density at radius 3 is 1.93 bits per heavy atom. The van der Waals surface area contributed by atoms with E-state index in [1.165, 1.54) is 14.0 Å². The molecule has 1 aliphatic rings. The number of nitrogens with two attached hydrogens (primary N) is 2. The zero-order chi connectivity index (χ0) is 23.0. The van der Waals surface area contributed by atoms with Crippen LogP contribution in [0.2, 0.25) is 0 Å². The standard InChI is InChI=1S/C13H26N2O4.C5H9NO3.CH5N/c14-4-8-18-10-12-19-11-9-17-7-3-13(16)15-5-1-2-6-15;1-4(9)5(2-7)6-3-8;1-2/h1-12,14H2;2-5,9H,1H3,(H,6,8);2H2,1H3/t;4-,5-;/m.1./s1. The van der Waals surface area contributed by atoms with E-state index in [0.29, 0.717) is 65.3 Å². The van der Waals surface area contributed by atoms with Gasteiger partial charge in [0.2, 0.25) is 12.3 Å². The van der Waals surface area contributed by atoms with Crippen LogP contribution in [0.5, 0.6) is 0 Å². The molecule has 0 radical (unpaired) electrons. The number of hydrogen-bond donors (Lipinski definition) is 4. The number of nitrogens with zero attached hydrogens (tertiary/aromatic N) is 1. The van der Waals surface area contributed by atoms with Crippen LogP contribution in [0.25, 0.3) is 0 Å². The molecule has 1 saturated heterocycles. The van der Waals surface area contributed by atoms with E-state index in [9.17, 15) is 14.4 Å². The molecule has 1 rings (SSSR count). The van der Waals surface area contributed by atoms with Gasteiger partial charge in [0.05, 0.1) is 52.2 Å². The molecule has 11 heteroatoms. The van der Waals surface area contributed by atoms with Crippen LogP contribution >= 0.6 is 0 Å². The van der Waals surface area contributed by atoms with Crippen molar-refractivity contribution in [3.05, 3.63) is 0 Å². The highest BCUT2D eigenvalue weighted by atomic mass is 16.5. The summed E-state index contributed by atoms with van der Waals surface area (Å²) in [5.74, 6) is 0.202. The number of carbonyl (C=O) groups excluding carboxylic acids is 3. The van der Waals surface area contributed by atoms with Gasteiger partial charge >= 0.3 is 0 Å². The van der Waals surface area contributed by atoms with Gasteiger partial charge in [0.1, 0.15) is 12.3 Å². The summed E-state index contributed by atoms with van der Waals surface area (Å²) in [6, 6.07) is -0.775. The van der Waals surface area contributed by atoms with Crippen molar-refractivity contribution in [2.45, 2.75) is 38.3 Å². The largest absolute Gasteiger partial charge is 0.391 e. The fourth-order valence-corrected chi connectivity index (χ4v) is 2.28. The van der Waals surface area contributed by atoms with Crippen molar-refractivity contribution in [1.29, 1.82) is 0 Å². The van der Waals surface area contributed by atoms with E-state index >= 15 is 0 Å². The summed E-state index contributed by atoms with van der Waals surface area (Å²) in [4.78, 5) is 33.2. The molecular weight excluding hydrogens is 396 g/mol. The molecular formula is C19H40N4O7. The van der Waals surface area contributed by atoms with Crippen molar-refractivity contribution in [2.24, 2.45) is 11.5 Å². The molecule has 1 heterocycles. The highest BCUT2D eigenvalue weighted by Crippen LogP contribution is 2.08. The molecule has 1 aliphatic heterocycles. The van der Waals surface area contributed by atoms with E-state index in [0.717, 1.165) is 25.9 Å². The predicted octanol–water partition coefficient (Wildman–Crippen LogP) is -1.74. The molecule has 0 aromatic heterocycles. The van der Waals surface area contributed by atoms with Crippen molar-refractivity contribution in [1.82, 2.24) is 10.2 Å². The van der Waals surface area contributed by atoms with Crippen LogP contribution in [-0.4, -0.2) is 107 Å². The molecule has 2 amide bonds. The average molecular weight is 437 g/mol. The van der Waals surface area contributed by atoms with Crippen LogP contribution in [0.3, 0.4) is 0 Å². The summed E-state index contributed by atoms with van der Waals surface area (Å²) < 4.78 is 15.8. The molecule has 30 heavy (non-hydrogen) atoms. The molecule has 0 bridgehead atoms. The molecule has 178 valence electrons. The Balaban J connectivity index is 0. The smallest absolute Gasteiger partial charge is 0.224 e.